The van der Waals surface area contributed by atoms with Gasteiger partial charge in [-0.2, -0.15) is 0 Å². The summed E-state index contributed by atoms with van der Waals surface area (Å²) in [6, 6.07) is 0. The smallest absolute Gasteiger partial charge is 0.214 e. The fraction of sp³-hybridized carbons (Fsp3) is 1.00. The Morgan fingerprint density at radius 1 is 1.00 bits per heavy atom. The minimum absolute atomic E-state index is 0.0368. The van der Waals surface area contributed by atoms with Crippen LogP contribution in [0.4, 0.5) is 0 Å². The lowest BCUT2D eigenvalue weighted by Crippen LogP contribution is -2.40. The van der Waals surface area contributed by atoms with Crippen LogP contribution in [-0.2, 0) is 20.0 Å². The number of nitrogens with one attached hydrogen (secondary N) is 1. The summed E-state index contributed by atoms with van der Waals surface area (Å²) in [6.45, 7) is 3.00. The summed E-state index contributed by atoms with van der Waals surface area (Å²) in [5, 5.41) is 0. The maximum absolute atomic E-state index is 12.0. The van der Waals surface area contributed by atoms with Gasteiger partial charge in [-0.15, -0.1) is 0 Å². The van der Waals surface area contributed by atoms with E-state index in [0.717, 1.165) is 25.7 Å². The third kappa shape index (κ3) is 6.20. The molecule has 6 nitrogen and oxygen atoms in total. The van der Waals surface area contributed by atoms with Gasteiger partial charge < -0.3 is 0 Å². The summed E-state index contributed by atoms with van der Waals surface area (Å²) in [5.74, 6) is -0.0916. The van der Waals surface area contributed by atoms with Crippen LogP contribution in [0.5, 0.6) is 0 Å². The van der Waals surface area contributed by atoms with E-state index in [1.807, 2.05) is 6.92 Å². The van der Waals surface area contributed by atoms with Gasteiger partial charge in [-0.25, -0.2) is 25.9 Å². The molecule has 0 atom stereocenters. The van der Waals surface area contributed by atoms with Gasteiger partial charge in [-0.3, -0.25) is 0 Å². The Labute approximate surface area is 116 Å². The maximum Gasteiger partial charge on any atom is 0.215 e. The van der Waals surface area contributed by atoms with E-state index in [9.17, 15) is 16.8 Å². The van der Waals surface area contributed by atoms with Crippen molar-refractivity contribution >= 4 is 20.0 Å². The summed E-state index contributed by atoms with van der Waals surface area (Å²) in [6.07, 6.45) is 4.24. The first-order chi connectivity index (χ1) is 8.87. The lowest BCUT2D eigenvalue weighted by Gasteiger charge is -2.25. The molecule has 0 radical (unpaired) electrons. The van der Waals surface area contributed by atoms with Gasteiger partial charge in [-0.05, 0) is 19.3 Å². The molecular weight excluding hydrogens is 288 g/mol. The van der Waals surface area contributed by atoms with Gasteiger partial charge in [0.25, 0.3) is 0 Å². The summed E-state index contributed by atoms with van der Waals surface area (Å²) >= 11 is 0. The Morgan fingerprint density at radius 2 is 1.63 bits per heavy atom. The van der Waals surface area contributed by atoms with Crippen LogP contribution in [0.3, 0.4) is 0 Å². The molecule has 1 aliphatic rings. The number of unbranched alkanes of at least 4 members (excludes halogenated alkanes) is 1. The van der Waals surface area contributed by atoms with Gasteiger partial charge in [-0.1, -0.05) is 19.8 Å². The molecule has 8 heteroatoms. The molecule has 114 valence electrons. The van der Waals surface area contributed by atoms with E-state index in [2.05, 4.69) is 4.72 Å². The van der Waals surface area contributed by atoms with Crippen molar-refractivity contribution in [1.82, 2.24) is 9.03 Å². The van der Waals surface area contributed by atoms with Gasteiger partial charge in [0.1, 0.15) is 0 Å². The van der Waals surface area contributed by atoms with Crippen LogP contribution in [-0.4, -0.2) is 52.3 Å². The molecule has 19 heavy (non-hydrogen) atoms. The van der Waals surface area contributed by atoms with E-state index in [1.165, 1.54) is 4.31 Å². The minimum Gasteiger partial charge on any atom is -0.214 e. The summed E-state index contributed by atoms with van der Waals surface area (Å²) in [4.78, 5) is 0. The largest absolute Gasteiger partial charge is 0.215 e. The fourth-order valence-electron chi connectivity index (χ4n) is 2.00. The zero-order valence-corrected chi connectivity index (χ0v) is 13.1. The zero-order chi connectivity index (χ0) is 14.4. The minimum atomic E-state index is -3.33. The van der Waals surface area contributed by atoms with E-state index in [-0.39, 0.29) is 18.1 Å². The van der Waals surface area contributed by atoms with Crippen LogP contribution < -0.4 is 4.72 Å². The van der Waals surface area contributed by atoms with Crippen molar-refractivity contribution < 1.29 is 16.8 Å². The Hall–Kier alpha value is -0.180. The van der Waals surface area contributed by atoms with Crippen molar-refractivity contribution in [2.75, 3.05) is 31.1 Å². The molecule has 0 aliphatic carbocycles. The monoisotopic (exact) mass is 312 g/mol. The fourth-order valence-corrected chi connectivity index (χ4v) is 4.79. The standard InChI is InChI=1S/C11H24N2O4S2/c1-2-3-10-18(14,15)12-7-11-19(16,17)13-8-5-4-6-9-13/h12H,2-11H2,1H3. The highest BCUT2D eigenvalue weighted by Crippen LogP contribution is 2.13. The van der Waals surface area contributed by atoms with Crippen LogP contribution in [0.2, 0.25) is 0 Å². The van der Waals surface area contributed by atoms with Crippen LogP contribution in [0.1, 0.15) is 39.0 Å². The molecular formula is C11H24N2O4S2. The number of nitrogens with zero attached hydrogens (tertiary/aromatic N) is 1. The number of sulfonamides is 2. The highest BCUT2D eigenvalue weighted by molar-refractivity contribution is 7.90. The summed E-state index contributed by atoms with van der Waals surface area (Å²) in [7, 11) is -6.65. The first-order valence-corrected chi connectivity index (χ1v) is 10.1. The van der Waals surface area contributed by atoms with Crippen molar-refractivity contribution in [3.8, 4) is 0 Å². The second-order valence-corrected chi connectivity index (χ2v) is 8.86. The van der Waals surface area contributed by atoms with Crippen molar-refractivity contribution in [2.24, 2.45) is 0 Å². The van der Waals surface area contributed by atoms with Crippen LogP contribution in [0, 0.1) is 0 Å². The maximum atomic E-state index is 12.0. The second kappa shape index (κ2) is 7.56. The molecule has 0 spiro atoms. The third-order valence-electron chi connectivity index (χ3n) is 3.16. The highest BCUT2D eigenvalue weighted by Gasteiger charge is 2.23. The van der Waals surface area contributed by atoms with Gasteiger partial charge in [0.05, 0.1) is 11.5 Å². The van der Waals surface area contributed by atoms with Crippen molar-refractivity contribution in [1.29, 1.82) is 0 Å². The highest BCUT2D eigenvalue weighted by atomic mass is 32.2. The Balaban J connectivity index is 2.39. The normalized spacial score (nSPS) is 18.6. The van der Waals surface area contributed by atoms with E-state index in [0.29, 0.717) is 19.5 Å². The van der Waals surface area contributed by atoms with Crippen molar-refractivity contribution in [3.05, 3.63) is 0 Å². The number of rotatable bonds is 8. The quantitative estimate of drug-likeness (QED) is 0.708. The topological polar surface area (TPSA) is 83.5 Å². The molecule has 0 aromatic carbocycles. The van der Waals surface area contributed by atoms with Gasteiger partial charge in [0.2, 0.25) is 20.0 Å². The van der Waals surface area contributed by atoms with Crippen molar-refractivity contribution in [2.45, 2.75) is 39.0 Å². The molecule has 1 N–H and O–H groups in total. The molecule has 0 aromatic heterocycles. The lowest BCUT2D eigenvalue weighted by atomic mass is 10.2. The van der Waals surface area contributed by atoms with E-state index < -0.39 is 20.0 Å². The van der Waals surface area contributed by atoms with E-state index >= 15 is 0 Å². The first kappa shape index (κ1) is 16.9. The van der Waals surface area contributed by atoms with Gasteiger partial charge in [0.15, 0.2) is 0 Å². The predicted octanol–water partition coefficient (Wildman–Crippen LogP) is 0.522. The van der Waals surface area contributed by atoms with Crippen LogP contribution >= 0.6 is 0 Å². The molecule has 1 fully saturated rings. The second-order valence-electron chi connectivity index (χ2n) is 4.84. The molecule has 0 saturated carbocycles. The molecule has 0 unspecified atom stereocenters. The lowest BCUT2D eigenvalue weighted by molar-refractivity contribution is 0.346. The number of hydrogen-bond acceptors (Lipinski definition) is 4. The summed E-state index contributed by atoms with van der Waals surface area (Å²) in [5.41, 5.74) is 0. The van der Waals surface area contributed by atoms with Crippen LogP contribution in [0.15, 0.2) is 0 Å². The number of hydrogen-bond donors (Lipinski definition) is 1. The van der Waals surface area contributed by atoms with Gasteiger partial charge in [0, 0.05) is 19.6 Å². The third-order valence-corrected chi connectivity index (χ3v) is 6.50. The Kier molecular flexibility index (Phi) is 6.72. The average Bonchev–Trinajstić information content (AvgIpc) is 2.37. The van der Waals surface area contributed by atoms with E-state index in [4.69, 9.17) is 0 Å². The number of piperidine rings is 1. The molecule has 1 saturated heterocycles. The first-order valence-electron chi connectivity index (χ1n) is 6.82. The molecule has 1 aliphatic heterocycles. The Morgan fingerprint density at radius 3 is 2.21 bits per heavy atom. The summed E-state index contributed by atoms with van der Waals surface area (Å²) < 4.78 is 50.8. The molecule has 0 amide bonds. The SMILES string of the molecule is CCCCS(=O)(=O)NCCS(=O)(=O)N1CCCCC1. The Bertz CT molecular complexity index is 453. The van der Waals surface area contributed by atoms with Crippen LogP contribution in [0.25, 0.3) is 0 Å². The van der Waals surface area contributed by atoms with Gasteiger partial charge >= 0.3 is 0 Å². The van der Waals surface area contributed by atoms with E-state index in [1.54, 1.807) is 0 Å². The predicted molar refractivity (Wildman–Crippen MR) is 75.9 cm³/mol. The van der Waals surface area contributed by atoms with Crippen molar-refractivity contribution in [3.63, 3.8) is 0 Å². The average molecular weight is 312 g/mol. The molecule has 0 bridgehead atoms. The molecule has 1 heterocycles. The zero-order valence-electron chi connectivity index (χ0n) is 11.5. The molecule has 1 rings (SSSR count). The molecule has 0 aromatic rings.